The van der Waals surface area contributed by atoms with Crippen molar-refractivity contribution in [1.29, 1.82) is 0 Å². The first-order valence-electron chi connectivity index (χ1n) is 13.3. The molecule has 0 heterocycles. The Kier molecular flexibility index (Phi) is 11.0. The molecule has 1 aromatic carbocycles. The molecule has 1 aromatic rings. The van der Waals surface area contributed by atoms with Gasteiger partial charge in [0.2, 0.25) is 0 Å². The van der Waals surface area contributed by atoms with Gasteiger partial charge in [0.1, 0.15) is 5.75 Å². The van der Waals surface area contributed by atoms with Gasteiger partial charge in [0.15, 0.2) is 0 Å². The van der Waals surface area contributed by atoms with Crippen molar-refractivity contribution in [3.8, 4) is 5.75 Å². The van der Waals surface area contributed by atoms with Gasteiger partial charge in [0, 0.05) is 0 Å². The number of ether oxygens (including phenoxy) is 1. The van der Waals surface area contributed by atoms with Gasteiger partial charge >= 0.3 is 0 Å². The Hall–Kier alpha value is -1.31. The van der Waals surface area contributed by atoms with Crippen LogP contribution in [0.4, 0.5) is 4.39 Å². The lowest BCUT2D eigenvalue weighted by molar-refractivity contribution is 0.231. The lowest BCUT2D eigenvalue weighted by atomic mass is 9.74. The summed E-state index contributed by atoms with van der Waals surface area (Å²) in [7, 11) is 0. The lowest BCUT2D eigenvalue weighted by Crippen LogP contribution is -2.17. The first kappa shape index (κ1) is 24.3. The lowest BCUT2D eigenvalue weighted by Gasteiger charge is -2.32. The van der Waals surface area contributed by atoms with Gasteiger partial charge in [-0.15, -0.1) is 0 Å². The van der Waals surface area contributed by atoms with Crippen LogP contribution in [0.2, 0.25) is 0 Å². The Bertz CT molecular complexity index is 606. The van der Waals surface area contributed by atoms with Crippen LogP contribution in [0.5, 0.6) is 5.75 Å². The van der Waals surface area contributed by atoms with Crippen molar-refractivity contribution in [2.75, 3.05) is 6.61 Å². The monoisotopic (exact) mass is 428 g/mol. The number of allylic oxidation sites excluding steroid dienone is 1. The van der Waals surface area contributed by atoms with E-state index in [1.807, 2.05) is 0 Å². The van der Waals surface area contributed by atoms with Gasteiger partial charge in [-0.25, -0.2) is 4.39 Å². The molecule has 174 valence electrons. The molecular weight excluding hydrogens is 383 g/mol. The van der Waals surface area contributed by atoms with E-state index in [1.165, 1.54) is 89.0 Å². The molecule has 0 aliphatic heterocycles. The van der Waals surface area contributed by atoms with Crippen molar-refractivity contribution in [1.82, 2.24) is 0 Å². The summed E-state index contributed by atoms with van der Waals surface area (Å²) in [6.45, 7) is 3.09. The van der Waals surface area contributed by atoms with Crippen LogP contribution >= 0.6 is 0 Å². The van der Waals surface area contributed by atoms with Crippen LogP contribution < -0.4 is 4.74 Å². The summed E-state index contributed by atoms with van der Waals surface area (Å²) in [4.78, 5) is 0. The number of benzene rings is 1. The quantitative estimate of drug-likeness (QED) is 0.301. The fourth-order valence-corrected chi connectivity index (χ4v) is 5.81. The molecular formula is C29H45FO. The second-order valence-corrected chi connectivity index (χ2v) is 10.3. The van der Waals surface area contributed by atoms with Crippen LogP contribution in [-0.2, 0) is 0 Å². The van der Waals surface area contributed by atoms with Crippen LogP contribution in [0.15, 0.2) is 36.7 Å². The van der Waals surface area contributed by atoms with Gasteiger partial charge in [-0.2, -0.15) is 0 Å². The zero-order chi connectivity index (χ0) is 21.7. The minimum atomic E-state index is 0.722. The van der Waals surface area contributed by atoms with Gasteiger partial charge in [-0.05, 0) is 92.7 Å². The zero-order valence-electron chi connectivity index (χ0n) is 19.9. The topological polar surface area (TPSA) is 9.23 Å². The Morgan fingerprint density at radius 1 is 0.806 bits per heavy atom. The highest BCUT2D eigenvalue weighted by atomic mass is 19.1. The summed E-state index contributed by atoms with van der Waals surface area (Å²) in [5.41, 5.74) is 1.51. The predicted molar refractivity (Wildman–Crippen MR) is 130 cm³/mol. The van der Waals surface area contributed by atoms with Crippen LogP contribution in [0.3, 0.4) is 0 Å². The summed E-state index contributed by atoms with van der Waals surface area (Å²) in [6.07, 6.45) is 22.1. The van der Waals surface area contributed by atoms with E-state index in [9.17, 15) is 4.39 Å². The molecule has 0 radical (unpaired) electrons. The molecule has 2 saturated carbocycles. The fourth-order valence-electron chi connectivity index (χ4n) is 5.81. The number of unbranched alkanes of at least 4 members (excludes halogenated alkanes) is 3. The molecule has 0 amide bonds. The van der Waals surface area contributed by atoms with Crippen molar-refractivity contribution in [2.45, 2.75) is 109 Å². The maximum atomic E-state index is 12.2. The van der Waals surface area contributed by atoms with Crippen LogP contribution in [0, 0.1) is 17.8 Å². The first-order chi connectivity index (χ1) is 15.3. The third kappa shape index (κ3) is 8.62. The summed E-state index contributed by atoms with van der Waals surface area (Å²) < 4.78 is 18.1. The highest BCUT2D eigenvalue weighted by molar-refractivity contribution is 5.29. The van der Waals surface area contributed by atoms with E-state index in [0.717, 1.165) is 55.2 Å². The third-order valence-corrected chi connectivity index (χ3v) is 7.97. The maximum Gasteiger partial charge on any atom is 0.119 e. The molecule has 0 unspecified atom stereocenters. The summed E-state index contributed by atoms with van der Waals surface area (Å²) in [6, 6.07) is 8.98. The van der Waals surface area contributed by atoms with E-state index in [0.29, 0.717) is 0 Å². The van der Waals surface area contributed by atoms with Crippen molar-refractivity contribution >= 4 is 0 Å². The van der Waals surface area contributed by atoms with Gasteiger partial charge in [-0.1, -0.05) is 70.1 Å². The van der Waals surface area contributed by atoms with E-state index < -0.39 is 0 Å². The first-order valence-corrected chi connectivity index (χ1v) is 13.3. The summed E-state index contributed by atoms with van der Waals surface area (Å²) in [5.74, 6) is 4.38. The van der Waals surface area contributed by atoms with E-state index in [1.54, 1.807) is 6.08 Å². The molecule has 0 N–H and O–H groups in total. The third-order valence-electron chi connectivity index (χ3n) is 7.97. The maximum absolute atomic E-state index is 12.2. The Morgan fingerprint density at radius 3 is 2.03 bits per heavy atom. The SMILES string of the molecule is CCCCCCOc1ccc([C@H]2CC[C@H](CC[C@H]3CC[C@H](C/C=C/F)CC3)CC2)cc1. The Balaban J connectivity index is 1.30. The normalized spacial score (nSPS) is 26.9. The minimum absolute atomic E-state index is 0.722. The van der Waals surface area contributed by atoms with E-state index in [-0.39, 0.29) is 0 Å². The van der Waals surface area contributed by atoms with Crippen molar-refractivity contribution in [3.05, 3.63) is 42.2 Å². The van der Waals surface area contributed by atoms with Gasteiger partial charge in [0.25, 0.3) is 0 Å². The molecule has 2 heteroatoms. The predicted octanol–water partition coefficient (Wildman–Crippen LogP) is 9.38. The van der Waals surface area contributed by atoms with Gasteiger partial charge in [0.05, 0.1) is 12.9 Å². The van der Waals surface area contributed by atoms with Crippen molar-refractivity contribution in [3.63, 3.8) is 0 Å². The number of hydrogen-bond acceptors (Lipinski definition) is 1. The second kappa shape index (κ2) is 14.0. The van der Waals surface area contributed by atoms with Crippen LogP contribution in [0.25, 0.3) is 0 Å². The highest BCUT2D eigenvalue weighted by Gasteiger charge is 2.25. The Labute approximate surface area is 190 Å². The summed E-state index contributed by atoms with van der Waals surface area (Å²) in [5, 5.41) is 0. The summed E-state index contributed by atoms with van der Waals surface area (Å²) >= 11 is 0. The second-order valence-electron chi connectivity index (χ2n) is 10.3. The molecule has 1 nitrogen and oxygen atoms in total. The molecule has 31 heavy (non-hydrogen) atoms. The standard InChI is InChI=1S/C29H45FO/c1-2-3-4-5-23-31-29-20-18-28(19-21-29)27-16-14-26(15-17-27)13-12-25-10-8-24(9-11-25)7-6-22-30/h6,18-22,24-27H,2-5,7-17,23H2,1H3/b22-6+/t24-,25-,26-,27-. The van der Waals surface area contributed by atoms with Crippen LogP contribution in [-0.4, -0.2) is 6.61 Å². The average molecular weight is 429 g/mol. The fraction of sp³-hybridized carbons (Fsp3) is 0.724. The molecule has 0 saturated heterocycles. The molecule has 0 aromatic heterocycles. The molecule has 2 fully saturated rings. The van der Waals surface area contributed by atoms with Crippen LogP contribution in [0.1, 0.15) is 115 Å². The van der Waals surface area contributed by atoms with Gasteiger partial charge < -0.3 is 4.74 Å². The van der Waals surface area contributed by atoms with E-state index in [2.05, 4.69) is 31.2 Å². The molecule has 3 rings (SSSR count). The largest absolute Gasteiger partial charge is 0.494 e. The number of rotatable bonds is 12. The number of halogens is 1. The molecule has 0 bridgehead atoms. The minimum Gasteiger partial charge on any atom is -0.494 e. The average Bonchev–Trinajstić information content (AvgIpc) is 2.83. The Morgan fingerprint density at radius 2 is 1.42 bits per heavy atom. The molecule has 0 atom stereocenters. The zero-order valence-corrected chi connectivity index (χ0v) is 19.9. The molecule has 2 aliphatic carbocycles. The molecule has 2 aliphatic rings. The van der Waals surface area contributed by atoms with E-state index in [4.69, 9.17) is 4.74 Å². The molecule has 0 spiro atoms. The van der Waals surface area contributed by atoms with Crippen molar-refractivity contribution in [2.24, 2.45) is 17.8 Å². The van der Waals surface area contributed by atoms with Gasteiger partial charge in [-0.3, -0.25) is 0 Å². The highest BCUT2D eigenvalue weighted by Crippen LogP contribution is 2.40. The van der Waals surface area contributed by atoms with Crippen molar-refractivity contribution < 1.29 is 9.13 Å². The number of hydrogen-bond donors (Lipinski definition) is 0. The van der Waals surface area contributed by atoms with E-state index >= 15 is 0 Å². The smallest absolute Gasteiger partial charge is 0.119 e.